The molecule has 1 heterocycles. The maximum Gasteiger partial charge on any atom is 0.220 e. The van der Waals surface area contributed by atoms with E-state index in [0.717, 1.165) is 24.6 Å². The Bertz CT molecular complexity index is 320. The molecule has 0 aliphatic carbocycles. The number of rotatable bonds is 4. The first-order valence-electron chi connectivity index (χ1n) is 5.70. The predicted octanol–water partition coefficient (Wildman–Crippen LogP) is 3.34. The first-order chi connectivity index (χ1) is 8.34. The molecule has 1 aliphatic rings. The third-order valence-corrected chi connectivity index (χ3v) is 2.50. The largest absolute Gasteiger partial charge is 0.363 e. The SMILES string of the molecule is C=C(C)N(CC)C(=C)Cl.C=C1NOC(=C)N1CC. The molecule has 102 valence electrons. The lowest BCUT2D eigenvalue weighted by Gasteiger charge is -2.20. The van der Waals surface area contributed by atoms with Gasteiger partial charge in [-0.1, -0.05) is 31.3 Å². The molecule has 1 saturated heterocycles. The lowest BCUT2D eigenvalue weighted by molar-refractivity contribution is 0.157. The number of hydrogen-bond donors (Lipinski definition) is 1. The van der Waals surface area contributed by atoms with Gasteiger partial charge in [-0.15, -0.1) is 0 Å². The van der Waals surface area contributed by atoms with Crippen LogP contribution in [0.4, 0.5) is 0 Å². The molecule has 0 aromatic carbocycles. The summed E-state index contributed by atoms with van der Waals surface area (Å²) in [7, 11) is 0. The Morgan fingerprint density at radius 3 is 2.06 bits per heavy atom. The van der Waals surface area contributed by atoms with Gasteiger partial charge in [0.2, 0.25) is 5.88 Å². The molecule has 0 aromatic rings. The third-order valence-electron chi connectivity index (χ3n) is 2.30. The highest BCUT2D eigenvalue weighted by molar-refractivity contribution is 6.28. The maximum absolute atomic E-state index is 5.61. The van der Waals surface area contributed by atoms with E-state index in [1.165, 1.54) is 0 Å². The molecule has 0 atom stereocenters. The quantitative estimate of drug-likeness (QED) is 0.794. The van der Waals surface area contributed by atoms with E-state index in [2.05, 4.69) is 31.8 Å². The molecular formula is C13H22ClN3O. The van der Waals surface area contributed by atoms with Gasteiger partial charge in [0.05, 0.1) is 0 Å². The maximum atomic E-state index is 5.61. The molecule has 0 spiro atoms. The van der Waals surface area contributed by atoms with E-state index in [1.54, 1.807) is 0 Å². The Morgan fingerprint density at radius 2 is 1.94 bits per heavy atom. The van der Waals surface area contributed by atoms with E-state index in [9.17, 15) is 0 Å². The summed E-state index contributed by atoms with van der Waals surface area (Å²) >= 11 is 5.61. The number of nitrogens with one attached hydrogen (secondary N) is 1. The van der Waals surface area contributed by atoms with E-state index in [4.69, 9.17) is 16.4 Å². The Hall–Kier alpha value is -1.55. The van der Waals surface area contributed by atoms with Crippen molar-refractivity contribution >= 4 is 11.6 Å². The van der Waals surface area contributed by atoms with Gasteiger partial charge in [0.15, 0.2) is 0 Å². The van der Waals surface area contributed by atoms with Gasteiger partial charge >= 0.3 is 0 Å². The van der Waals surface area contributed by atoms with Gasteiger partial charge in [-0.05, 0) is 27.4 Å². The van der Waals surface area contributed by atoms with E-state index in [-0.39, 0.29) is 0 Å². The summed E-state index contributed by atoms with van der Waals surface area (Å²) < 4.78 is 0. The van der Waals surface area contributed by atoms with E-state index in [1.807, 2.05) is 30.6 Å². The van der Waals surface area contributed by atoms with Crippen LogP contribution < -0.4 is 5.48 Å². The Morgan fingerprint density at radius 1 is 1.39 bits per heavy atom. The molecule has 18 heavy (non-hydrogen) atoms. The van der Waals surface area contributed by atoms with E-state index >= 15 is 0 Å². The second kappa shape index (κ2) is 7.71. The number of halogens is 1. The normalized spacial score (nSPS) is 13.2. The van der Waals surface area contributed by atoms with Crippen molar-refractivity contribution in [3.63, 3.8) is 0 Å². The highest BCUT2D eigenvalue weighted by Crippen LogP contribution is 2.14. The van der Waals surface area contributed by atoms with Crippen molar-refractivity contribution < 1.29 is 4.84 Å². The van der Waals surface area contributed by atoms with Crippen LogP contribution >= 0.6 is 11.6 Å². The van der Waals surface area contributed by atoms with Crippen molar-refractivity contribution in [2.75, 3.05) is 13.1 Å². The number of nitrogens with zero attached hydrogens (tertiary/aromatic N) is 2. The topological polar surface area (TPSA) is 27.7 Å². The Labute approximate surface area is 115 Å². The summed E-state index contributed by atoms with van der Waals surface area (Å²) in [5.41, 5.74) is 3.53. The second-order valence-corrected chi connectivity index (χ2v) is 4.08. The molecule has 0 bridgehead atoms. The standard InChI is InChI=1S/C7H12ClN.C6H10N2O/c1-5-9(6(2)3)7(4)8;1-4-8-5(2)7-9-6(8)3/h2,4-5H2,1,3H3;7H,2-4H2,1H3. The smallest absolute Gasteiger partial charge is 0.220 e. The lowest BCUT2D eigenvalue weighted by atomic mass is 10.4. The minimum absolute atomic E-state index is 0.532. The fourth-order valence-corrected chi connectivity index (χ4v) is 1.66. The van der Waals surface area contributed by atoms with Gasteiger partial charge in [-0.2, -0.15) is 0 Å². The molecule has 0 aromatic heterocycles. The molecule has 0 saturated carbocycles. The predicted molar refractivity (Wildman–Crippen MR) is 77.1 cm³/mol. The van der Waals surface area contributed by atoms with Gasteiger partial charge in [-0.25, -0.2) is 5.48 Å². The Balaban J connectivity index is 0.000000321. The lowest BCUT2D eigenvalue weighted by Crippen LogP contribution is -2.16. The van der Waals surface area contributed by atoms with Crippen molar-refractivity contribution in [1.82, 2.24) is 15.3 Å². The van der Waals surface area contributed by atoms with Crippen LogP contribution in [-0.4, -0.2) is 22.9 Å². The van der Waals surface area contributed by atoms with Crippen molar-refractivity contribution in [2.24, 2.45) is 0 Å². The summed E-state index contributed by atoms with van der Waals surface area (Å²) in [6.07, 6.45) is 0. The molecule has 1 N–H and O–H groups in total. The molecule has 1 fully saturated rings. The summed E-state index contributed by atoms with van der Waals surface area (Å²) in [4.78, 5) is 8.53. The average Bonchev–Trinajstić information content (AvgIpc) is 2.58. The van der Waals surface area contributed by atoms with Crippen molar-refractivity contribution in [3.8, 4) is 0 Å². The monoisotopic (exact) mass is 271 g/mol. The zero-order chi connectivity index (χ0) is 14.3. The summed E-state index contributed by atoms with van der Waals surface area (Å²) in [6.45, 7) is 22.2. The van der Waals surface area contributed by atoms with Crippen molar-refractivity contribution in [3.05, 3.63) is 48.9 Å². The van der Waals surface area contributed by atoms with Gasteiger partial charge in [0, 0.05) is 18.8 Å². The zero-order valence-corrected chi connectivity index (χ0v) is 12.2. The van der Waals surface area contributed by atoms with E-state index in [0.29, 0.717) is 11.0 Å². The average molecular weight is 272 g/mol. The van der Waals surface area contributed by atoms with Crippen LogP contribution in [0.1, 0.15) is 20.8 Å². The summed E-state index contributed by atoms with van der Waals surface area (Å²) in [6, 6.07) is 0. The zero-order valence-electron chi connectivity index (χ0n) is 11.4. The van der Waals surface area contributed by atoms with E-state index < -0.39 is 0 Å². The highest BCUT2D eigenvalue weighted by atomic mass is 35.5. The highest BCUT2D eigenvalue weighted by Gasteiger charge is 2.17. The molecule has 0 radical (unpaired) electrons. The molecule has 1 rings (SSSR count). The summed E-state index contributed by atoms with van der Waals surface area (Å²) in [5.74, 6) is 1.37. The van der Waals surface area contributed by atoms with Crippen LogP contribution in [0.2, 0.25) is 0 Å². The fraction of sp³-hybridized carbons (Fsp3) is 0.385. The van der Waals surface area contributed by atoms with Gasteiger partial charge < -0.3 is 9.74 Å². The fourth-order valence-electron chi connectivity index (χ4n) is 1.39. The van der Waals surface area contributed by atoms with Gasteiger partial charge in [-0.3, -0.25) is 4.90 Å². The first-order valence-corrected chi connectivity index (χ1v) is 6.08. The number of hydroxylamine groups is 1. The molecule has 4 nitrogen and oxygen atoms in total. The van der Waals surface area contributed by atoms with Crippen LogP contribution in [0.25, 0.3) is 0 Å². The molecule has 0 unspecified atom stereocenters. The molecule has 1 aliphatic heterocycles. The van der Waals surface area contributed by atoms with Crippen LogP contribution in [0.15, 0.2) is 48.9 Å². The van der Waals surface area contributed by atoms with Crippen LogP contribution in [0.3, 0.4) is 0 Å². The van der Waals surface area contributed by atoms with Crippen molar-refractivity contribution in [2.45, 2.75) is 20.8 Å². The van der Waals surface area contributed by atoms with Crippen LogP contribution in [0, 0.1) is 0 Å². The number of allylic oxidation sites excluding steroid dienone is 1. The third kappa shape index (κ3) is 4.75. The van der Waals surface area contributed by atoms with Gasteiger partial charge in [0.25, 0.3) is 0 Å². The van der Waals surface area contributed by atoms with Crippen molar-refractivity contribution in [1.29, 1.82) is 0 Å². The number of hydrogen-bond acceptors (Lipinski definition) is 4. The Kier molecular flexibility index (Phi) is 7.05. The molecular weight excluding hydrogens is 250 g/mol. The van der Waals surface area contributed by atoms with Crippen LogP contribution in [-0.2, 0) is 4.84 Å². The molecule has 0 amide bonds. The minimum atomic E-state index is 0.532. The minimum Gasteiger partial charge on any atom is -0.363 e. The summed E-state index contributed by atoms with van der Waals surface area (Å²) in [5, 5.41) is 0.532. The van der Waals surface area contributed by atoms with Gasteiger partial charge in [0.1, 0.15) is 11.0 Å². The molecule has 5 heteroatoms. The first kappa shape index (κ1) is 16.4. The second-order valence-electron chi connectivity index (χ2n) is 3.64. The van der Waals surface area contributed by atoms with Crippen LogP contribution in [0.5, 0.6) is 0 Å².